The minimum atomic E-state index is -4.57. The average molecular weight is 297 g/mol. The standard InChI is InChI=1S/C10H12ClF3N4O/c11-9-17-6(10(12,13)14)5-8(18-9)16-4-2-1-3-7(15)19/h5H,1-4H2,(H2,15,19)(H,16,17,18). The van der Waals surface area contributed by atoms with Gasteiger partial charge in [-0.25, -0.2) is 9.97 Å². The first-order chi connectivity index (χ1) is 8.79. The fraction of sp³-hybridized carbons (Fsp3) is 0.500. The second-order valence-corrected chi connectivity index (χ2v) is 4.09. The number of hydrogen-bond acceptors (Lipinski definition) is 4. The van der Waals surface area contributed by atoms with Crippen LogP contribution in [0.3, 0.4) is 0 Å². The molecular weight excluding hydrogens is 285 g/mol. The summed E-state index contributed by atoms with van der Waals surface area (Å²) in [6.07, 6.45) is -3.21. The van der Waals surface area contributed by atoms with Gasteiger partial charge < -0.3 is 11.1 Å². The van der Waals surface area contributed by atoms with Crippen molar-refractivity contribution < 1.29 is 18.0 Å². The van der Waals surface area contributed by atoms with Crippen LogP contribution in [-0.4, -0.2) is 22.4 Å². The molecule has 0 spiro atoms. The van der Waals surface area contributed by atoms with Gasteiger partial charge in [-0.3, -0.25) is 4.79 Å². The molecule has 0 aliphatic heterocycles. The molecule has 1 rings (SSSR count). The molecule has 5 nitrogen and oxygen atoms in total. The number of rotatable bonds is 6. The Labute approximate surface area is 112 Å². The van der Waals surface area contributed by atoms with Crippen molar-refractivity contribution in [3.05, 3.63) is 17.0 Å². The topological polar surface area (TPSA) is 80.9 Å². The van der Waals surface area contributed by atoms with Crippen molar-refractivity contribution in [1.29, 1.82) is 0 Å². The van der Waals surface area contributed by atoms with Crippen molar-refractivity contribution in [3.8, 4) is 0 Å². The molecular formula is C10H12ClF3N4O. The normalized spacial score (nSPS) is 11.4. The lowest BCUT2D eigenvalue weighted by Gasteiger charge is -2.09. The smallest absolute Gasteiger partial charge is 0.370 e. The van der Waals surface area contributed by atoms with E-state index in [-0.39, 0.29) is 12.2 Å². The van der Waals surface area contributed by atoms with E-state index in [4.69, 9.17) is 17.3 Å². The zero-order valence-electron chi connectivity index (χ0n) is 9.80. The maximum Gasteiger partial charge on any atom is 0.433 e. The number of amides is 1. The molecule has 1 aromatic rings. The first-order valence-corrected chi connectivity index (χ1v) is 5.81. The Morgan fingerprint density at radius 1 is 1.37 bits per heavy atom. The Morgan fingerprint density at radius 3 is 2.63 bits per heavy atom. The molecule has 0 aromatic carbocycles. The Morgan fingerprint density at radius 2 is 2.05 bits per heavy atom. The van der Waals surface area contributed by atoms with Crippen LogP contribution in [0.4, 0.5) is 19.0 Å². The Hall–Kier alpha value is -1.57. The van der Waals surface area contributed by atoms with E-state index in [1.807, 2.05) is 0 Å². The molecule has 0 saturated carbocycles. The van der Waals surface area contributed by atoms with E-state index >= 15 is 0 Å². The number of primary amides is 1. The van der Waals surface area contributed by atoms with Gasteiger partial charge in [-0.05, 0) is 24.4 Å². The molecule has 0 fully saturated rings. The zero-order chi connectivity index (χ0) is 14.5. The first kappa shape index (κ1) is 15.5. The van der Waals surface area contributed by atoms with Gasteiger partial charge in [0.2, 0.25) is 11.2 Å². The van der Waals surface area contributed by atoms with E-state index in [0.29, 0.717) is 19.4 Å². The zero-order valence-corrected chi connectivity index (χ0v) is 10.6. The van der Waals surface area contributed by atoms with Gasteiger partial charge in [0.1, 0.15) is 5.82 Å². The van der Waals surface area contributed by atoms with E-state index in [1.54, 1.807) is 0 Å². The lowest BCUT2D eigenvalue weighted by Crippen LogP contribution is -2.13. The Kier molecular flexibility index (Phi) is 5.34. The van der Waals surface area contributed by atoms with Crippen LogP contribution in [0.25, 0.3) is 0 Å². The molecule has 0 radical (unpaired) electrons. The minimum absolute atomic E-state index is 0.00796. The summed E-state index contributed by atoms with van der Waals surface area (Å²) in [4.78, 5) is 17.2. The highest BCUT2D eigenvalue weighted by Gasteiger charge is 2.33. The molecule has 0 aliphatic rings. The van der Waals surface area contributed by atoms with Crippen molar-refractivity contribution in [2.75, 3.05) is 11.9 Å². The number of nitrogens with one attached hydrogen (secondary N) is 1. The van der Waals surface area contributed by atoms with E-state index in [1.165, 1.54) is 0 Å². The number of nitrogens with two attached hydrogens (primary N) is 1. The quantitative estimate of drug-likeness (QED) is 0.623. The number of hydrogen-bond donors (Lipinski definition) is 2. The molecule has 0 atom stereocenters. The number of aromatic nitrogens is 2. The van der Waals surface area contributed by atoms with Gasteiger partial charge in [-0.15, -0.1) is 0 Å². The summed E-state index contributed by atoms with van der Waals surface area (Å²) in [5, 5.41) is 2.21. The Balaban J connectivity index is 2.54. The summed E-state index contributed by atoms with van der Waals surface area (Å²) in [6.45, 7) is 0.359. The molecule has 0 aliphatic carbocycles. The van der Waals surface area contributed by atoms with Gasteiger partial charge in [0, 0.05) is 19.0 Å². The number of nitrogens with zero attached hydrogens (tertiary/aromatic N) is 2. The molecule has 0 unspecified atom stereocenters. The third-order valence-electron chi connectivity index (χ3n) is 2.15. The van der Waals surface area contributed by atoms with Gasteiger partial charge in [-0.1, -0.05) is 0 Å². The van der Waals surface area contributed by atoms with Gasteiger partial charge in [0.15, 0.2) is 5.69 Å². The number of anilines is 1. The second kappa shape index (κ2) is 6.55. The highest BCUT2D eigenvalue weighted by molar-refractivity contribution is 6.28. The predicted octanol–water partition coefficient (Wildman–Crippen LogP) is 2.22. The predicted molar refractivity (Wildman–Crippen MR) is 63.6 cm³/mol. The number of halogens is 4. The SMILES string of the molecule is NC(=O)CCCCNc1cc(C(F)(F)F)nc(Cl)n1. The van der Waals surface area contributed by atoms with Crippen molar-refractivity contribution in [2.24, 2.45) is 5.73 Å². The van der Waals surface area contributed by atoms with Crippen molar-refractivity contribution in [2.45, 2.75) is 25.4 Å². The summed E-state index contributed by atoms with van der Waals surface area (Å²) >= 11 is 5.41. The van der Waals surface area contributed by atoms with Crippen LogP contribution in [0.5, 0.6) is 0 Å². The molecule has 9 heteroatoms. The van der Waals surface area contributed by atoms with E-state index < -0.39 is 23.1 Å². The third kappa shape index (κ3) is 5.73. The van der Waals surface area contributed by atoms with Gasteiger partial charge in [0.05, 0.1) is 0 Å². The van der Waals surface area contributed by atoms with Crippen molar-refractivity contribution in [1.82, 2.24) is 9.97 Å². The lowest BCUT2D eigenvalue weighted by molar-refractivity contribution is -0.141. The highest BCUT2D eigenvalue weighted by Crippen LogP contribution is 2.29. The molecule has 1 aromatic heterocycles. The third-order valence-corrected chi connectivity index (χ3v) is 2.31. The van der Waals surface area contributed by atoms with E-state index in [9.17, 15) is 18.0 Å². The second-order valence-electron chi connectivity index (χ2n) is 3.76. The van der Waals surface area contributed by atoms with E-state index in [2.05, 4.69) is 15.3 Å². The van der Waals surface area contributed by atoms with Gasteiger partial charge in [-0.2, -0.15) is 13.2 Å². The van der Waals surface area contributed by atoms with Crippen molar-refractivity contribution >= 4 is 23.3 Å². The monoisotopic (exact) mass is 296 g/mol. The maximum absolute atomic E-state index is 12.5. The summed E-state index contributed by atoms with van der Waals surface area (Å²) in [5.41, 5.74) is 3.85. The molecule has 106 valence electrons. The van der Waals surface area contributed by atoms with Crippen LogP contribution >= 0.6 is 11.6 Å². The number of alkyl halides is 3. The summed E-state index contributed by atoms with van der Waals surface area (Å²) in [5.74, 6) is -0.421. The fourth-order valence-corrected chi connectivity index (χ4v) is 1.48. The molecule has 0 saturated heterocycles. The molecule has 19 heavy (non-hydrogen) atoms. The molecule has 0 bridgehead atoms. The van der Waals surface area contributed by atoms with Crippen LogP contribution in [0.15, 0.2) is 6.07 Å². The minimum Gasteiger partial charge on any atom is -0.370 e. The lowest BCUT2D eigenvalue weighted by atomic mass is 10.2. The van der Waals surface area contributed by atoms with Crippen LogP contribution in [0.2, 0.25) is 5.28 Å². The first-order valence-electron chi connectivity index (χ1n) is 5.43. The number of unbranched alkanes of at least 4 members (excludes halogenated alkanes) is 1. The maximum atomic E-state index is 12.5. The van der Waals surface area contributed by atoms with Crippen molar-refractivity contribution in [3.63, 3.8) is 0 Å². The van der Waals surface area contributed by atoms with Crippen LogP contribution < -0.4 is 11.1 Å². The largest absolute Gasteiger partial charge is 0.433 e. The summed E-state index contributed by atoms with van der Waals surface area (Å²) in [6, 6.07) is 0.778. The van der Waals surface area contributed by atoms with Gasteiger partial charge >= 0.3 is 6.18 Å². The van der Waals surface area contributed by atoms with E-state index in [0.717, 1.165) is 6.07 Å². The number of carbonyl (C=O) groups is 1. The fourth-order valence-electron chi connectivity index (χ4n) is 1.29. The average Bonchev–Trinajstić information content (AvgIpc) is 2.26. The number of carbonyl (C=O) groups excluding carboxylic acids is 1. The summed E-state index contributed by atoms with van der Waals surface area (Å²) in [7, 11) is 0. The highest BCUT2D eigenvalue weighted by atomic mass is 35.5. The van der Waals surface area contributed by atoms with Crippen LogP contribution in [-0.2, 0) is 11.0 Å². The molecule has 3 N–H and O–H groups in total. The molecule has 1 amide bonds. The van der Waals surface area contributed by atoms with Crippen LogP contribution in [0.1, 0.15) is 25.0 Å². The summed E-state index contributed by atoms with van der Waals surface area (Å²) < 4.78 is 37.4. The Bertz CT molecular complexity index is 453. The van der Waals surface area contributed by atoms with Crippen LogP contribution in [0, 0.1) is 0 Å². The van der Waals surface area contributed by atoms with Gasteiger partial charge in [0.25, 0.3) is 0 Å². The molecule has 1 heterocycles.